The van der Waals surface area contributed by atoms with Gasteiger partial charge in [0.15, 0.2) is 0 Å². The molecular weight excluding hydrogens is 252 g/mol. The van der Waals surface area contributed by atoms with Crippen molar-refractivity contribution in [3.8, 4) is 11.9 Å². The summed E-state index contributed by atoms with van der Waals surface area (Å²) in [5.41, 5.74) is -0.175. The summed E-state index contributed by atoms with van der Waals surface area (Å²) in [6.45, 7) is 2.18. The molecule has 1 atom stereocenters. The van der Waals surface area contributed by atoms with Crippen molar-refractivity contribution in [2.45, 2.75) is 45.1 Å². The van der Waals surface area contributed by atoms with E-state index in [1.807, 2.05) is 0 Å². The zero-order valence-electron chi connectivity index (χ0n) is 12.2. The summed E-state index contributed by atoms with van der Waals surface area (Å²) in [5, 5.41) is 20.2. The summed E-state index contributed by atoms with van der Waals surface area (Å²) in [4.78, 5) is 4.28. The summed E-state index contributed by atoms with van der Waals surface area (Å²) in [7, 11) is 1.55. The van der Waals surface area contributed by atoms with Crippen LogP contribution in [0.4, 0.5) is 0 Å². The molecule has 108 valence electrons. The van der Waals surface area contributed by atoms with Crippen molar-refractivity contribution in [2.24, 2.45) is 11.3 Å². The molecule has 1 aromatic heterocycles. The second-order valence-corrected chi connectivity index (χ2v) is 5.63. The molecule has 4 heteroatoms. The number of nitrogens with zero attached hydrogens (tertiary/aromatic N) is 2. The molecule has 1 aromatic rings. The van der Waals surface area contributed by atoms with Gasteiger partial charge in [-0.15, -0.1) is 0 Å². The second kappa shape index (κ2) is 6.23. The molecule has 1 aliphatic carbocycles. The van der Waals surface area contributed by atoms with Gasteiger partial charge in [0.25, 0.3) is 0 Å². The van der Waals surface area contributed by atoms with Crippen LogP contribution in [0, 0.1) is 22.7 Å². The Kier molecular flexibility index (Phi) is 4.61. The average molecular weight is 274 g/mol. The fraction of sp³-hybridized carbons (Fsp3) is 0.625. The van der Waals surface area contributed by atoms with E-state index < -0.39 is 11.5 Å². The Morgan fingerprint density at radius 1 is 1.50 bits per heavy atom. The predicted octanol–water partition coefficient (Wildman–Crippen LogP) is 3.23. The van der Waals surface area contributed by atoms with Crippen molar-refractivity contribution in [1.82, 2.24) is 4.98 Å². The monoisotopic (exact) mass is 274 g/mol. The van der Waals surface area contributed by atoms with E-state index in [0.717, 1.165) is 32.1 Å². The topological polar surface area (TPSA) is 66.1 Å². The van der Waals surface area contributed by atoms with Crippen LogP contribution >= 0.6 is 0 Å². The maximum Gasteiger partial charge on any atom is 0.213 e. The number of nitriles is 1. The van der Waals surface area contributed by atoms with Gasteiger partial charge < -0.3 is 9.84 Å². The van der Waals surface area contributed by atoms with E-state index in [-0.39, 0.29) is 0 Å². The van der Waals surface area contributed by atoms with E-state index in [1.165, 1.54) is 0 Å². The molecule has 2 rings (SSSR count). The van der Waals surface area contributed by atoms with Crippen LogP contribution in [0.15, 0.2) is 18.2 Å². The molecular formula is C16H22N2O2. The summed E-state index contributed by atoms with van der Waals surface area (Å²) < 4.78 is 5.09. The van der Waals surface area contributed by atoms with Gasteiger partial charge >= 0.3 is 0 Å². The SMILES string of the molecule is CCC1CCC(C#N)(C(O)c2cccc(OC)n2)CC1. The third-order valence-corrected chi connectivity index (χ3v) is 4.56. The largest absolute Gasteiger partial charge is 0.481 e. The summed E-state index contributed by atoms with van der Waals surface area (Å²) in [6, 6.07) is 7.67. The van der Waals surface area contributed by atoms with Crippen LogP contribution in [0.3, 0.4) is 0 Å². The zero-order valence-corrected chi connectivity index (χ0v) is 12.2. The highest BCUT2D eigenvalue weighted by atomic mass is 16.5. The Hall–Kier alpha value is -1.60. The lowest BCUT2D eigenvalue weighted by atomic mass is 9.67. The molecule has 4 nitrogen and oxygen atoms in total. The summed E-state index contributed by atoms with van der Waals surface area (Å²) in [6.07, 6.45) is 3.79. The summed E-state index contributed by atoms with van der Waals surface area (Å²) in [5.74, 6) is 1.15. The number of aliphatic hydroxyl groups excluding tert-OH is 1. The second-order valence-electron chi connectivity index (χ2n) is 5.63. The van der Waals surface area contributed by atoms with E-state index >= 15 is 0 Å². The number of aliphatic hydroxyl groups is 1. The van der Waals surface area contributed by atoms with Gasteiger partial charge in [0, 0.05) is 6.07 Å². The molecule has 20 heavy (non-hydrogen) atoms. The van der Waals surface area contributed by atoms with Crippen molar-refractivity contribution in [3.63, 3.8) is 0 Å². The van der Waals surface area contributed by atoms with Gasteiger partial charge in [-0.05, 0) is 37.7 Å². The molecule has 1 unspecified atom stereocenters. The third-order valence-electron chi connectivity index (χ3n) is 4.56. The lowest BCUT2D eigenvalue weighted by Gasteiger charge is -2.37. The van der Waals surface area contributed by atoms with Crippen molar-refractivity contribution >= 4 is 0 Å². The molecule has 1 aliphatic rings. The molecule has 1 fully saturated rings. The Balaban J connectivity index is 2.21. The van der Waals surface area contributed by atoms with Crippen LogP contribution < -0.4 is 4.74 Å². The van der Waals surface area contributed by atoms with Crippen molar-refractivity contribution < 1.29 is 9.84 Å². The maximum absolute atomic E-state index is 10.6. The van der Waals surface area contributed by atoms with Crippen LogP contribution in [0.5, 0.6) is 5.88 Å². The molecule has 0 radical (unpaired) electrons. The highest BCUT2D eigenvalue weighted by Gasteiger charge is 2.42. The van der Waals surface area contributed by atoms with E-state index in [9.17, 15) is 10.4 Å². The number of methoxy groups -OCH3 is 1. The van der Waals surface area contributed by atoms with Gasteiger partial charge in [0.1, 0.15) is 6.10 Å². The molecule has 0 aliphatic heterocycles. The van der Waals surface area contributed by atoms with Gasteiger partial charge in [-0.25, -0.2) is 4.98 Å². The highest BCUT2D eigenvalue weighted by Crippen LogP contribution is 2.47. The minimum atomic E-state index is -0.847. The molecule has 0 amide bonds. The Morgan fingerprint density at radius 2 is 2.20 bits per heavy atom. The molecule has 1 saturated carbocycles. The lowest BCUT2D eigenvalue weighted by Crippen LogP contribution is -2.33. The normalized spacial score (nSPS) is 27.6. The Morgan fingerprint density at radius 3 is 2.75 bits per heavy atom. The van der Waals surface area contributed by atoms with Crippen LogP contribution in [0.1, 0.15) is 50.8 Å². The quantitative estimate of drug-likeness (QED) is 0.915. The van der Waals surface area contributed by atoms with Gasteiger partial charge in [-0.1, -0.05) is 19.4 Å². The Labute approximate surface area is 120 Å². The first kappa shape index (κ1) is 14.8. The van der Waals surface area contributed by atoms with E-state index in [0.29, 0.717) is 17.5 Å². The average Bonchev–Trinajstić information content (AvgIpc) is 2.54. The first-order valence-electron chi connectivity index (χ1n) is 7.25. The molecule has 0 aromatic carbocycles. The predicted molar refractivity (Wildman–Crippen MR) is 76.0 cm³/mol. The minimum Gasteiger partial charge on any atom is -0.481 e. The first-order chi connectivity index (χ1) is 9.65. The fourth-order valence-electron chi connectivity index (χ4n) is 3.03. The van der Waals surface area contributed by atoms with E-state index in [4.69, 9.17) is 4.74 Å². The van der Waals surface area contributed by atoms with E-state index in [1.54, 1.807) is 25.3 Å². The van der Waals surface area contributed by atoms with Crippen molar-refractivity contribution in [2.75, 3.05) is 7.11 Å². The molecule has 0 saturated heterocycles. The van der Waals surface area contributed by atoms with Crippen LogP contribution in [0.2, 0.25) is 0 Å². The molecule has 1 N–H and O–H groups in total. The van der Waals surface area contributed by atoms with Crippen LogP contribution in [0.25, 0.3) is 0 Å². The third kappa shape index (κ3) is 2.78. The van der Waals surface area contributed by atoms with Crippen molar-refractivity contribution in [3.05, 3.63) is 23.9 Å². The van der Waals surface area contributed by atoms with Crippen LogP contribution in [-0.2, 0) is 0 Å². The van der Waals surface area contributed by atoms with Gasteiger partial charge in [0.05, 0.1) is 24.3 Å². The highest BCUT2D eigenvalue weighted by molar-refractivity contribution is 5.21. The molecule has 0 bridgehead atoms. The van der Waals surface area contributed by atoms with Gasteiger partial charge in [-0.2, -0.15) is 5.26 Å². The lowest BCUT2D eigenvalue weighted by molar-refractivity contribution is 0.0210. The smallest absolute Gasteiger partial charge is 0.213 e. The number of rotatable bonds is 4. The Bertz CT molecular complexity index is 487. The zero-order chi connectivity index (χ0) is 14.6. The van der Waals surface area contributed by atoms with Gasteiger partial charge in [0.2, 0.25) is 5.88 Å². The maximum atomic E-state index is 10.6. The first-order valence-corrected chi connectivity index (χ1v) is 7.25. The van der Waals surface area contributed by atoms with Crippen molar-refractivity contribution in [1.29, 1.82) is 5.26 Å². The minimum absolute atomic E-state index is 0.469. The standard InChI is InChI=1S/C16H22N2O2/c1-3-12-7-9-16(11-17,10-8-12)15(19)13-5-4-6-14(18-13)20-2/h4-6,12,15,19H,3,7-10H2,1-2H3. The summed E-state index contributed by atoms with van der Waals surface area (Å²) >= 11 is 0. The van der Waals surface area contributed by atoms with E-state index in [2.05, 4.69) is 18.0 Å². The number of hydrogen-bond donors (Lipinski definition) is 1. The molecule has 1 heterocycles. The number of pyridine rings is 1. The number of ether oxygens (including phenoxy) is 1. The number of hydrogen-bond acceptors (Lipinski definition) is 4. The number of aromatic nitrogens is 1. The molecule has 0 spiro atoms. The van der Waals surface area contributed by atoms with Crippen LogP contribution in [-0.4, -0.2) is 17.2 Å². The fourth-order valence-corrected chi connectivity index (χ4v) is 3.03. The van der Waals surface area contributed by atoms with Gasteiger partial charge in [-0.3, -0.25) is 0 Å².